The molecule has 0 fully saturated rings. The Morgan fingerprint density at radius 1 is 0.705 bits per heavy atom. The van der Waals surface area contributed by atoms with E-state index < -0.39 is 63.6 Å². The van der Waals surface area contributed by atoms with Crippen LogP contribution in [0.4, 0.5) is 43.4 Å². The zero-order chi connectivity index (χ0) is 33.3. The minimum atomic E-state index is -6.02. The molecule has 0 aromatic heterocycles. The number of rotatable bonds is 7. The molecule has 0 radical (unpaired) electrons. The molecule has 0 atom stereocenters. The Hall–Kier alpha value is -5.40. The molecule has 0 aliphatic rings. The van der Waals surface area contributed by atoms with Crippen molar-refractivity contribution in [3.63, 3.8) is 0 Å². The lowest BCUT2D eigenvalue weighted by Gasteiger charge is -2.38. The van der Waals surface area contributed by atoms with Gasteiger partial charge in [-0.15, -0.1) is 0 Å². The van der Waals surface area contributed by atoms with Gasteiger partial charge in [0.25, 0.3) is 13.2 Å². The van der Waals surface area contributed by atoms with Crippen LogP contribution in [0.1, 0.15) is 37.4 Å². The molecule has 0 aliphatic heterocycles. The van der Waals surface area contributed by atoms with Crippen LogP contribution in [0.15, 0.2) is 78.9 Å². The summed E-state index contributed by atoms with van der Waals surface area (Å²) >= 11 is 0. The monoisotopic (exact) mass is 620 g/mol. The summed E-state index contributed by atoms with van der Waals surface area (Å²) in [6.45, 7) is 1.72. The van der Waals surface area contributed by atoms with Gasteiger partial charge in [-0.1, -0.05) is 24.3 Å². The summed E-state index contributed by atoms with van der Waals surface area (Å²) in [7, 11) is 0. The van der Waals surface area contributed by atoms with Crippen LogP contribution in [0.25, 0.3) is 0 Å². The van der Waals surface area contributed by atoms with Crippen LogP contribution >= 0.6 is 0 Å². The highest BCUT2D eigenvalue weighted by Crippen LogP contribution is 2.57. The first-order valence-corrected chi connectivity index (χ1v) is 12.5. The summed E-state index contributed by atoms with van der Waals surface area (Å²) < 4.78 is 94.9. The number of phenolic OH excluding ortho intramolecular Hbond substituents is 3. The zero-order valence-electron chi connectivity index (χ0n) is 23.5. The van der Waals surface area contributed by atoms with Crippen molar-refractivity contribution in [2.75, 3.05) is 16.4 Å². The predicted octanol–water partition coefficient (Wildman–Crippen LogP) is 6.61. The molecular formula is C30H23F6N3O5. The lowest BCUT2D eigenvalue weighted by atomic mass is 9.72. The largest absolute Gasteiger partial charge is 0.506 e. The first-order valence-electron chi connectivity index (χ1n) is 12.9. The third-order valence-electron chi connectivity index (χ3n) is 6.76. The van der Waals surface area contributed by atoms with E-state index in [1.165, 1.54) is 30.3 Å². The molecule has 0 unspecified atom stereocenters. The van der Waals surface area contributed by atoms with E-state index in [0.717, 1.165) is 11.6 Å². The number of carbonyl (C=O) groups excluding carboxylic acids is 2. The van der Waals surface area contributed by atoms with Gasteiger partial charge in [0.1, 0.15) is 17.2 Å². The van der Waals surface area contributed by atoms with Crippen LogP contribution in [-0.4, -0.2) is 40.9 Å². The molecule has 7 N–H and O–H groups in total. The Morgan fingerprint density at radius 3 is 1.73 bits per heavy atom. The first kappa shape index (κ1) is 30.1. The van der Waals surface area contributed by atoms with Crippen LogP contribution in [-0.2, 0) is 5.41 Å². The Kier molecular flexibility index (Phi) is 7.76. The molecule has 0 saturated carbocycles. The molecule has 4 rings (SSSR count). The van der Waals surface area contributed by atoms with Crippen molar-refractivity contribution in [1.29, 1.82) is 1.43 Å². The second-order valence-corrected chi connectivity index (χ2v) is 9.74. The third-order valence-corrected chi connectivity index (χ3v) is 6.76. The molecule has 4 aromatic carbocycles. The summed E-state index contributed by atoms with van der Waals surface area (Å²) in [4.78, 5) is 25.9. The molecule has 0 heterocycles. The number of amides is 2. The molecule has 0 aliphatic carbocycles. The van der Waals surface area contributed by atoms with Crippen molar-refractivity contribution in [3.8, 4) is 17.2 Å². The van der Waals surface area contributed by atoms with Gasteiger partial charge in [-0.2, -0.15) is 26.3 Å². The predicted molar refractivity (Wildman–Crippen MR) is 149 cm³/mol. The Bertz CT molecular complexity index is 1760. The van der Waals surface area contributed by atoms with Gasteiger partial charge in [0.05, 0.1) is 17.1 Å². The van der Waals surface area contributed by atoms with Crippen molar-refractivity contribution in [2.24, 2.45) is 0 Å². The van der Waals surface area contributed by atoms with E-state index in [0.29, 0.717) is 36.4 Å². The summed E-state index contributed by atoms with van der Waals surface area (Å²) in [5.74, 6) is -3.38. The van der Waals surface area contributed by atoms with E-state index in [-0.39, 0.29) is 22.6 Å². The normalized spacial score (nSPS) is 12.3. The van der Waals surface area contributed by atoms with Crippen molar-refractivity contribution in [2.45, 2.75) is 24.7 Å². The van der Waals surface area contributed by atoms with E-state index in [2.05, 4.69) is 15.7 Å². The standard InChI is InChI=1S/C30H23F6N3O5/c1-15-5-8-24(41)21(11-15)38-26(43)16-3-2-4-17(12-16)27(44)39-22-14-19(7-10-25(22)42)28(29(31,32)33,30(34,35)36)18-6-9-23(40)20(37)13-18/h2-14,40-42H,37H2,1H3,(H,38,43)(H,39,44)/i/hD. The Balaban J connectivity index is 1.75. The number of nitrogen functional groups attached to an aromatic ring is 1. The van der Waals surface area contributed by atoms with Crippen molar-refractivity contribution >= 4 is 28.9 Å². The van der Waals surface area contributed by atoms with Gasteiger partial charge in [0.2, 0.25) is 5.41 Å². The van der Waals surface area contributed by atoms with Gasteiger partial charge < -0.3 is 31.7 Å². The number of benzene rings is 4. The topological polar surface area (TPSA) is 145 Å². The van der Waals surface area contributed by atoms with E-state index in [1.807, 2.05) is 0 Å². The van der Waals surface area contributed by atoms with Crippen LogP contribution in [0.2, 0.25) is 0 Å². The fourth-order valence-electron chi connectivity index (χ4n) is 4.57. The van der Waals surface area contributed by atoms with E-state index in [1.54, 1.807) is 13.0 Å². The van der Waals surface area contributed by atoms with Gasteiger partial charge in [-0.25, -0.2) is 0 Å². The van der Waals surface area contributed by atoms with Gasteiger partial charge >= 0.3 is 12.4 Å². The highest BCUT2D eigenvalue weighted by molar-refractivity contribution is 6.09. The fourth-order valence-corrected chi connectivity index (χ4v) is 4.57. The quantitative estimate of drug-likeness (QED) is 0.0780. The number of phenols is 3. The smallest absolute Gasteiger partial charge is 0.411 e. The maximum atomic E-state index is 14.6. The highest BCUT2D eigenvalue weighted by atomic mass is 19.4. The first-order chi connectivity index (χ1) is 21.0. The summed E-state index contributed by atoms with van der Waals surface area (Å²) in [6.07, 6.45) is -12.0. The number of hydrogen-bond acceptors (Lipinski definition) is 6. The summed E-state index contributed by atoms with van der Waals surface area (Å²) in [5, 5.41) is 28.6. The van der Waals surface area contributed by atoms with Crippen LogP contribution in [0, 0.1) is 6.92 Å². The van der Waals surface area contributed by atoms with E-state index in [9.17, 15) is 46.1 Å². The van der Waals surface area contributed by atoms with E-state index >= 15 is 0 Å². The lowest BCUT2D eigenvalue weighted by molar-refractivity contribution is -0.288. The number of carbonyl (C=O) groups is 2. The number of aryl methyl sites for hydroxylation is 1. The SMILES string of the molecule is [2H]Oc1ccc(C(c2ccc(O)c(N)c2)(C(F)(F)F)C(F)(F)F)cc1NC(=O)c1cccc(C(=O)Nc2cc(C)ccc2O)c1. The highest BCUT2D eigenvalue weighted by Gasteiger charge is 2.72. The molecular weight excluding hydrogens is 596 g/mol. The number of nitrogens with one attached hydrogen (secondary N) is 2. The summed E-state index contributed by atoms with van der Waals surface area (Å²) in [6, 6.07) is 12.2. The van der Waals surface area contributed by atoms with Gasteiger partial charge in [0, 0.05) is 11.1 Å². The fraction of sp³-hybridized carbons (Fsp3) is 0.133. The van der Waals surface area contributed by atoms with Crippen LogP contribution in [0.3, 0.4) is 0 Å². The van der Waals surface area contributed by atoms with Gasteiger partial charge in [-0.3, -0.25) is 9.59 Å². The maximum absolute atomic E-state index is 14.6. The van der Waals surface area contributed by atoms with Crippen LogP contribution in [0.5, 0.6) is 17.2 Å². The molecule has 8 nitrogen and oxygen atoms in total. The second kappa shape index (κ2) is 11.4. The number of halogens is 6. The molecule has 0 bridgehead atoms. The Morgan fingerprint density at radius 2 is 1.20 bits per heavy atom. The van der Waals surface area contributed by atoms with Crippen molar-refractivity contribution in [3.05, 3.63) is 107 Å². The average Bonchev–Trinajstić information content (AvgIpc) is 2.96. The van der Waals surface area contributed by atoms with Crippen LogP contribution < -0.4 is 16.4 Å². The molecule has 2 amide bonds. The molecule has 230 valence electrons. The third kappa shape index (κ3) is 5.78. The number of hydrogen-bond donors (Lipinski definition) is 6. The minimum Gasteiger partial charge on any atom is -0.506 e. The molecule has 0 spiro atoms. The number of alkyl halides is 6. The Labute approximate surface area is 246 Å². The van der Waals surface area contributed by atoms with Gasteiger partial charge in [0.15, 0.2) is 0 Å². The lowest BCUT2D eigenvalue weighted by Crippen LogP contribution is -2.54. The second-order valence-electron chi connectivity index (χ2n) is 9.74. The summed E-state index contributed by atoms with van der Waals surface area (Å²) in [5.41, 5.74) is -3.00. The van der Waals surface area contributed by atoms with Crippen molar-refractivity contribution in [1.82, 2.24) is 0 Å². The molecule has 44 heavy (non-hydrogen) atoms. The maximum Gasteiger partial charge on any atom is 0.411 e. The van der Waals surface area contributed by atoms with Crippen molar-refractivity contribution < 1.29 is 51.3 Å². The minimum absolute atomic E-state index is 0.0765. The zero-order valence-corrected chi connectivity index (χ0v) is 22.5. The number of nitrogens with two attached hydrogens (primary N) is 1. The van der Waals surface area contributed by atoms with Gasteiger partial charge in [-0.05, 0) is 78.2 Å². The number of anilines is 3. The van der Waals surface area contributed by atoms with E-state index in [4.69, 9.17) is 7.16 Å². The molecule has 4 aromatic rings. The number of aromatic hydroxyl groups is 3. The average molecular weight is 621 g/mol. The molecule has 0 saturated heterocycles. The molecule has 14 heteroatoms.